The van der Waals surface area contributed by atoms with E-state index in [0.717, 1.165) is 16.9 Å². The van der Waals surface area contributed by atoms with E-state index in [2.05, 4.69) is 9.72 Å². The second kappa shape index (κ2) is 10.4. The van der Waals surface area contributed by atoms with Crippen molar-refractivity contribution in [3.63, 3.8) is 0 Å². The van der Waals surface area contributed by atoms with E-state index in [4.69, 9.17) is 5.73 Å². The van der Waals surface area contributed by atoms with Crippen molar-refractivity contribution >= 4 is 17.8 Å². The number of likely N-dealkylation sites (N-methyl/N-ethyl adjacent to an activating group) is 1. The third kappa shape index (κ3) is 5.55. The van der Waals surface area contributed by atoms with Crippen LogP contribution in [0, 0.1) is 17.5 Å². The number of nitrogens with two attached hydrogens (primary N) is 1. The number of imidazole rings is 1. The summed E-state index contributed by atoms with van der Waals surface area (Å²) in [7, 11) is 3.53. The lowest BCUT2D eigenvalue weighted by atomic mass is 10.0. The number of amides is 2. The molecule has 1 unspecified atom stereocenters. The normalized spacial score (nSPS) is 16.3. The van der Waals surface area contributed by atoms with Crippen molar-refractivity contribution in [3.8, 4) is 0 Å². The maximum absolute atomic E-state index is 14.0. The summed E-state index contributed by atoms with van der Waals surface area (Å²) in [4.78, 5) is 43.9. The zero-order valence-corrected chi connectivity index (χ0v) is 19.9. The van der Waals surface area contributed by atoms with Gasteiger partial charge in [-0.25, -0.2) is 22.9 Å². The highest BCUT2D eigenvalue weighted by Crippen LogP contribution is 2.37. The molecule has 0 radical (unpaired) electrons. The molecular formula is C22H23F6N5O4. The molecule has 0 aliphatic carbocycles. The monoisotopic (exact) mass is 535 g/mol. The van der Waals surface area contributed by atoms with Crippen molar-refractivity contribution in [1.82, 2.24) is 19.4 Å². The smallest absolute Gasteiger partial charge is 0.449 e. The molecule has 1 aliphatic rings. The van der Waals surface area contributed by atoms with Gasteiger partial charge in [-0.2, -0.15) is 13.2 Å². The van der Waals surface area contributed by atoms with Gasteiger partial charge in [-0.15, -0.1) is 0 Å². The highest BCUT2D eigenvalue weighted by atomic mass is 19.4. The first-order valence-electron chi connectivity index (χ1n) is 10.8. The standard InChI is InChI=1S/C22H23F6N5O4/c1-31(2)19(35)18-17-16(20(36)37-3)30-21(22(26,27)28)33(17)5-4-32(18)15(34)8-11(29)6-10-7-13(24)14(25)9-12(10)23/h7,9,11,18H,4-6,8,29H2,1-3H3/t11-,18?/m1/s1. The number of hydrogen-bond donors (Lipinski definition) is 1. The van der Waals surface area contributed by atoms with E-state index in [1.807, 2.05) is 0 Å². The lowest BCUT2D eigenvalue weighted by Crippen LogP contribution is -2.50. The average molecular weight is 535 g/mol. The molecule has 0 bridgehead atoms. The van der Waals surface area contributed by atoms with E-state index in [1.165, 1.54) is 14.1 Å². The van der Waals surface area contributed by atoms with Crippen LogP contribution in [0.1, 0.15) is 40.0 Å². The van der Waals surface area contributed by atoms with Gasteiger partial charge in [0, 0.05) is 45.7 Å². The molecule has 3 rings (SSSR count). The Morgan fingerprint density at radius 3 is 2.32 bits per heavy atom. The molecule has 0 saturated heterocycles. The number of benzene rings is 1. The summed E-state index contributed by atoms with van der Waals surface area (Å²) in [5.74, 6) is -8.09. The van der Waals surface area contributed by atoms with Crippen LogP contribution in [0.15, 0.2) is 12.1 Å². The molecule has 202 valence electrons. The van der Waals surface area contributed by atoms with E-state index in [0.29, 0.717) is 16.7 Å². The molecule has 2 heterocycles. The van der Waals surface area contributed by atoms with Crippen LogP contribution < -0.4 is 5.73 Å². The Morgan fingerprint density at radius 1 is 1.14 bits per heavy atom. The Morgan fingerprint density at radius 2 is 1.76 bits per heavy atom. The Hall–Kier alpha value is -3.62. The number of methoxy groups -OCH3 is 1. The maximum Gasteiger partial charge on any atom is 0.449 e. The Bertz CT molecular complexity index is 1230. The quantitative estimate of drug-likeness (QED) is 0.345. The molecule has 15 heteroatoms. The van der Waals surface area contributed by atoms with Gasteiger partial charge in [0.1, 0.15) is 5.82 Å². The van der Waals surface area contributed by atoms with Crippen molar-refractivity contribution in [1.29, 1.82) is 0 Å². The predicted molar refractivity (Wildman–Crippen MR) is 114 cm³/mol. The zero-order chi connectivity index (χ0) is 27.8. The summed E-state index contributed by atoms with van der Waals surface area (Å²) in [6.45, 7) is -0.827. The predicted octanol–water partition coefficient (Wildman–Crippen LogP) is 2.04. The fraction of sp³-hybridized carbons (Fsp3) is 0.455. The second-order valence-corrected chi connectivity index (χ2v) is 8.56. The molecule has 2 N–H and O–H groups in total. The molecule has 9 nitrogen and oxygen atoms in total. The molecule has 1 aromatic carbocycles. The fourth-order valence-corrected chi connectivity index (χ4v) is 4.10. The maximum atomic E-state index is 14.0. The zero-order valence-electron chi connectivity index (χ0n) is 19.9. The van der Waals surface area contributed by atoms with Crippen LogP contribution in [-0.2, 0) is 33.5 Å². The van der Waals surface area contributed by atoms with E-state index in [9.17, 15) is 40.7 Å². The molecule has 37 heavy (non-hydrogen) atoms. The first kappa shape index (κ1) is 28.0. The summed E-state index contributed by atoms with van der Waals surface area (Å²) in [6, 6.07) is -1.86. The molecule has 0 saturated carbocycles. The topological polar surface area (TPSA) is 111 Å². The van der Waals surface area contributed by atoms with E-state index in [-0.39, 0.29) is 18.5 Å². The van der Waals surface area contributed by atoms with Crippen LogP contribution in [0.2, 0.25) is 0 Å². The first-order chi connectivity index (χ1) is 17.2. The first-order valence-corrected chi connectivity index (χ1v) is 10.8. The van der Waals surface area contributed by atoms with E-state index < -0.39 is 83.7 Å². The van der Waals surface area contributed by atoms with Crippen molar-refractivity contribution in [2.75, 3.05) is 27.7 Å². The molecule has 1 aliphatic heterocycles. The van der Waals surface area contributed by atoms with Crippen molar-refractivity contribution in [2.45, 2.75) is 37.6 Å². The molecule has 2 atom stereocenters. The fourth-order valence-electron chi connectivity index (χ4n) is 4.10. The molecule has 1 aromatic heterocycles. The highest BCUT2D eigenvalue weighted by Gasteiger charge is 2.47. The van der Waals surface area contributed by atoms with Gasteiger partial charge in [-0.1, -0.05) is 0 Å². The van der Waals surface area contributed by atoms with Gasteiger partial charge in [0.15, 0.2) is 23.4 Å². The van der Waals surface area contributed by atoms with Gasteiger partial charge >= 0.3 is 12.1 Å². The van der Waals surface area contributed by atoms with Crippen LogP contribution in [0.5, 0.6) is 0 Å². The largest absolute Gasteiger partial charge is 0.464 e. The Balaban J connectivity index is 1.98. The lowest BCUT2D eigenvalue weighted by Gasteiger charge is -2.38. The molecular weight excluding hydrogens is 512 g/mol. The van der Waals surface area contributed by atoms with Crippen molar-refractivity contribution in [2.24, 2.45) is 5.73 Å². The number of aromatic nitrogens is 2. The van der Waals surface area contributed by atoms with Crippen LogP contribution in [0.3, 0.4) is 0 Å². The number of nitrogens with zero attached hydrogens (tertiary/aromatic N) is 4. The number of carbonyl (C=O) groups is 3. The third-order valence-electron chi connectivity index (χ3n) is 5.78. The van der Waals surface area contributed by atoms with Gasteiger partial charge in [0.2, 0.25) is 11.7 Å². The molecule has 2 amide bonds. The second-order valence-electron chi connectivity index (χ2n) is 8.56. The van der Waals surface area contributed by atoms with Crippen LogP contribution in [0.25, 0.3) is 0 Å². The van der Waals surface area contributed by atoms with Gasteiger partial charge in [-0.05, 0) is 18.1 Å². The number of hydrogen-bond acceptors (Lipinski definition) is 6. The number of rotatable bonds is 6. The Labute approximate surface area is 206 Å². The number of halogens is 6. The molecule has 0 spiro atoms. The minimum atomic E-state index is -4.98. The summed E-state index contributed by atoms with van der Waals surface area (Å²) in [5.41, 5.74) is 4.40. The Kier molecular flexibility index (Phi) is 7.86. The van der Waals surface area contributed by atoms with Crippen molar-refractivity contribution < 1.29 is 45.5 Å². The summed E-state index contributed by atoms with van der Waals surface area (Å²) >= 11 is 0. The number of alkyl halides is 3. The van der Waals surface area contributed by atoms with Gasteiger partial charge in [0.25, 0.3) is 5.91 Å². The summed E-state index contributed by atoms with van der Waals surface area (Å²) in [6.07, 6.45) is -5.88. The van der Waals surface area contributed by atoms with Crippen LogP contribution >= 0.6 is 0 Å². The van der Waals surface area contributed by atoms with Crippen molar-refractivity contribution in [3.05, 3.63) is 52.4 Å². The van der Waals surface area contributed by atoms with E-state index in [1.54, 1.807) is 0 Å². The van der Waals surface area contributed by atoms with Crippen LogP contribution in [-0.4, -0.2) is 70.9 Å². The minimum absolute atomic E-state index is 0.292. The van der Waals surface area contributed by atoms with Gasteiger partial charge in [0.05, 0.1) is 12.8 Å². The SMILES string of the molecule is COC(=O)c1nc(C(F)(F)F)n2c1C(C(=O)N(C)C)N(C(=O)C[C@H](N)Cc1cc(F)c(F)cc1F)CC2. The number of carbonyl (C=O) groups excluding carboxylic acids is 3. The lowest BCUT2D eigenvalue weighted by molar-refractivity contribution is -0.151. The van der Waals surface area contributed by atoms with Gasteiger partial charge in [-0.3, -0.25) is 9.59 Å². The summed E-state index contributed by atoms with van der Waals surface area (Å²) < 4.78 is 86.9. The van der Waals surface area contributed by atoms with E-state index >= 15 is 0 Å². The summed E-state index contributed by atoms with van der Waals surface area (Å²) in [5, 5.41) is 0. The van der Waals surface area contributed by atoms with Gasteiger partial charge < -0.3 is 24.8 Å². The number of fused-ring (bicyclic) bond motifs is 1. The minimum Gasteiger partial charge on any atom is -0.464 e. The number of esters is 1. The average Bonchev–Trinajstić information content (AvgIpc) is 3.21. The number of ether oxygens (including phenoxy) is 1. The molecule has 2 aromatic rings. The molecule has 0 fully saturated rings. The third-order valence-corrected chi connectivity index (χ3v) is 5.78. The van der Waals surface area contributed by atoms with Crippen LogP contribution in [0.4, 0.5) is 26.3 Å². The highest BCUT2D eigenvalue weighted by molar-refractivity contribution is 5.94.